The van der Waals surface area contributed by atoms with Gasteiger partial charge in [-0.15, -0.1) is 0 Å². The lowest BCUT2D eigenvalue weighted by Crippen LogP contribution is -2.32. The molecule has 122 valence electrons. The van der Waals surface area contributed by atoms with Gasteiger partial charge in [-0.3, -0.25) is 0 Å². The highest BCUT2D eigenvalue weighted by atomic mass is 28.3. The second-order valence-electron chi connectivity index (χ2n) is 10.6. The monoisotopic (exact) mass is 298 g/mol. The zero-order chi connectivity index (χ0) is 16.4. The third-order valence-corrected chi connectivity index (χ3v) is 6.83. The van der Waals surface area contributed by atoms with Crippen LogP contribution in [0.2, 0.25) is 25.7 Å². The quantitative estimate of drug-likeness (QED) is 0.459. The van der Waals surface area contributed by atoms with E-state index >= 15 is 0 Å². The molecule has 0 bridgehead atoms. The van der Waals surface area contributed by atoms with Crippen molar-refractivity contribution in [3.05, 3.63) is 0 Å². The first-order chi connectivity index (χ1) is 8.63. The van der Waals surface area contributed by atoms with Gasteiger partial charge in [0.25, 0.3) is 0 Å². The summed E-state index contributed by atoms with van der Waals surface area (Å²) in [5.74, 6) is 2.50. The van der Waals surface area contributed by atoms with Gasteiger partial charge in [-0.1, -0.05) is 87.5 Å². The zero-order valence-corrected chi connectivity index (χ0v) is 17.4. The van der Waals surface area contributed by atoms with Crippen molar-refractivity contribution in [3.63, 3.8) is 0 Å². The highest BCUT2D eigenvalue weighted by molar-refractivity contribution is 6.76. The molecule has 0 aromatic rings. The molecule has 0 nitrogen and oxygen atoms in total. The van der Waals surface area contributed by atoms with Crippen LogP contribution < -0.4 is 0 Å². The van der Waals surface area contributed by atoms with Gasteiger partial charge in [0.15, 0.2) is 0 Å². The molecule has 0 aromatic carbocycles. The fourth-order valence-corrected chi connectivity index (χ4v) is 4.39. The highest BCUT2D eigenvalue weighted by Crippen LogP contribution is 2.41. The van der Waals surface area contributed by atoms with Crippen molar-refractivity contribution >= 4 is 8.07 Å². The Morgan fingerprint density at radius 3 is 1.60 bits per heavy atom. The summed E-state index contributed by atoms with van der Waals surface area (Å²) in [6, 6.07) is 1.48. The van der Waals surface area contributed by atoms with Crippen LogP contribution in [-0.4, -0.2) is 8.07 Å². The largest absolute Gasteiger partial charge is 0.0695 e. The van der Waals surface area contributed by atoms with Crippen molar-refractivity contribution in [2.24, 2.45) is 28.6 Å². The Morgan fingerprint density at radius 2 is 1.30 bits per heavy atom. The van der Waals surface area contributed by atoms with E-state index in [1.807, 2.05) is 0 Å². The maximum atomic E-state index is 2.51. The Hall–Kier alpha value is 0.217. The topological polar surface area (TPSA) is 0 Å². The van der Waals surface area contributed by atoms with E-state index in [0.717, 1.165) is 17.8 Å². The van der Waals surface area contributed by atoms with Gasteiger partial charge in [0.05, 0.1) is 0 Å². The van der Waals surface area contributed by atoms with Gasteiger partial charge in [-0.05, 0) is 35.0 Å². The third kappa shape index (κ3) is 8.49. The summed E-state index contributed by atoms with van der Waals surface area (Å²) in [6.45, 7) is 26.9. The summed E-state index contributed by atoms with van der Waals surface area (Å²) in [4.78, 5) is 0. The van der Waals surface area contributed by atoms with Gasteiger partial charge in [0.2, 0.25) is 0 Å². The van der Waals surface area contributed by atoms with E-state index in [0.29, 0.717) is 10.8 Å². The molecule has 0 saturated heterocycles. The standard InChI is InChI=1S/C19H42Si/c1-15(16(2)19(6,7)8)17(14-18(3,4)5)12-13-20(9,10)11/h15-17H,12-14H2,1-11H3. The summed E-state index contributed by atoms with van der Waals surface area (Å²) >= 11 is 0. The molecule has 0 saturated carbocycles. The van der Waals surface area contributed by atoms with Gasteiger partial charge >= 0.3 is 0 Å². The van der Waals surface area contributed by atoms with Crippen molar-refractivity contribution in [1.82, 2.24) is 0 Å². The Kier molecular flexibility index (Phi) is 7.06. The predicted octanol–water partition coefficient (Wildman–Crippen LogP) is 7.09. The minimum absolute atomic E-state index is 0.425. The highest BCUT2D eigenvalue weighted by Gasteiger charge is 2.33. The molecule has 0 rings (SSSR count). The molecule has 0 aliphatic rings. The Labute approximate surface area is 131 Å². The van der Waals surface area contributed by atoms with E-state index in [2.05, 4.69) is 75.0 Å². The molecule has 0 spiro atoms. The molecule has 0 amide bonds. The molecule has 0 aliphatic carbocycles. The molecule has 1 heteroatoms. The van der Waals surface area contributed by atoms with Crippen molar-refractivity contribution in [1.29, 1.82) is 0 Å². The second kappa shape index (κ2) is 6.98. The van der Waals surface area contributed by atoms with E-state index in [4.69, 9.17) is 0 Å². The molecule has 0 fully saturated rings. The van der Waals surface area contributed by atoms with Gasteiger partial charge in [-0.25, -0.2) is 0 Å². The number of hydrogen-bond acceptors (Lipinski definition) is 0. The summed E-state index contributed by atoms with van der Waals surface area (Å²) in [7, 11) is -0.922. The van der Waals surface area contributed by atoms with E-state index in [-0.39, 0.29) is 0 Å². The fourth-order valence-electron chi connectivity index (χ4n) is 3.15. The molecule has 0 aliphatic heterocycles. The van der Waals surface area contributed by atoms with Crippen LogP contribution in [0.15, 0.2) is 0 Å². The predicted molar refractivity (Wildman–Crippen MR) is 98.1 cm³/mol. The van der Waals surface area contributed by atoms with Crippen molar-refractivity contribution < 1.29 is 0 Å². The van der Waals surface area contributed by atoms with Gasteiger partial charge in [0, 0.05) is 8.07 Å². The minimum Gasteiger partial charge on any atom is -0.0695 e. The van der Waals surface area contributed by atoms with Crippen molar-refractivity contribution in [2.45, 2.75) is 93.9 Å². The van der Waals surface area contributed by atoms with Gasteiger partial charge in [0.1, 0.15) is 0 Å². The minimum atomic E-state index is -0.922. The lowest BCUT2D eigenvalue weighted by atomic mass is 9.67. The van der Waals surface area contributed by atoms with Crippen LogP contribution in [0.4, 0.5) is 0 Å². The number of rotatable bonds is 6. The first-order valence-electron chi connectivity index (χ1n) is 8.63. The normalized spacial score (nSPS) is 18.8. The summed E-state index contributed by atoms with van der Waals surface area (Å²) in [6.07, 6.45) is 2.81. The number of hydrogen-bond donors (Lipinski definition) is 0. The summed E-state index contributed by atoms with van der Waals surface area (Å²) < 4.78 is 0. The molecule has 0 heterocycles. The molecule has 3 unspecified atom stereocenters. The average molecular weight is 299 g/mol. The van der Waals surface area contributed by atoms with Crippen molar-refractivity contribution in [3.8, 4) is 0 Å². The lowest BCUT2D eigenvalue weighted by Gasteiger charge is -2.40. The average Bonchev–Trinajstić information content (AvgIpc) is 2.18. The van der Waals surface area contributed by atoms with Crippen LogP contribution in [0.3, 0.4) is 0 Å². The Bertz CT molecular complexity index is 272. The Morgan fingerprint density at radius 1 is 0.850 bits per heavy atom. The Balaban J connectivity index is 4.92. The molecule has 3 atom stereocenters. The molecule has 0 radical (unpaired) electrons. The van der Waals surface area contributed by atoms with Crippen LogP contribution in [0.5, 0.6) is 0 Å². The van der Waals surface area contributed by atoms with Crippen LogP contribution in [-0.2, 0) is 0 Å². The van der Waals surface area contributed by atoms with Crippen molar-refractivity contribution in [2.75, 3.05) is 0 Å². The summed E-state index contributed by atoms with van der Waals surface area (Å²) in [5.41, 5.74) is 0.880. The first kappa shape index (κ1) is 20.2. The zero-order valence-electron chi connectivity index (χ0n) is 16.4. The van der Waals surface area contributed by atoms with E-state index in [1.54, 1.807) is 0 Å². The molecular formula is C19H42Si. The van der Waals surface area contributed by atoms with Crippen LogP contribution in [0.25, 0.3) is 0 Å². The SMILES string of the molecule is CC(C(CC[Si](C)(C)C)CC(C)(C)C)C(C)C(C)(C)C. The first-order valence-corrected chi connectivity index (χ1v) is 12.3. The maximum absolute atomic E-state index is 2.51. The fraction of sp³-hybridized carbons (Fsp3) is 1.00. The third-order valence-electron chi connectivity index (χ3n) is 5.04. The maximum Gasteiger partial charge on any atom is 0.0442 e. The van der Waals surface area contributed by atoms with Gasteiger partial charge in [-0.2, -0.15) is 0 Å². The van der Waals surface area contributed by atoms with Crippen LogP contribution in [0, 0.1) is 28.6 Å². The smallest absolute Gasteiger partial charge is 0.0442 e. The lowest BCUT2D eigenvalue weighted by molar-refractivity contribution is 0.109. The van der Waals surface area contributed by atoms with Crippen LogP contribution in [0.1, 0.15) is 68.2 Å². The summed E-state index contributed by atoms with van der Waals surface area (Å²) in [5, 5.41) is 0. The molecular weight excluding hydrogens is 256 g/mol. The van der Waals surface area contributed by atoms with Crippen LogP contribution >= 0.6 is 0 Å². The van der Waals surface area contributed by atoms with E-state index in [1.165, 1.54) is 18.9 Å². The molecule has 20 heavy (non-hydrogen) atoms. The van der Waals surface area contributed by atoms with E-state index in [9.17, 15) is 0 Å². The molecule has 0 N–H and O–H groups in total. The molecule has 0 aromatic heterocycles. The second-order valence-corrected chi connectivity index (χ2v) is 16.3. The van der Waals surface area contributed by atoms with Gasteiger partial charge < -0.3 is 0 Å². The van der Waals surface area contributed by atoms with E-state index < -0.39 is 8.07 Å².